The highest BCUT2D eigenvalue weighted by molar-refractivity contribution is 5.77. The molecule has 7 N–H and O–H groups in total. The van der Waals surface area contributed by atoms with E-state index in [-0.39, 0.29) is 6.29 Å². The first-order valence-electron chi connectivity index (χ1n) is 6.19. The van der Waals surface area contributed by atoms with E-state index >= 15 is 0 Å². The lowest BCUT2D eigenvalue weighted by Gasteiger charge is -2.44. The molecule has 3 unspecified atom stereocenters. The number of rotatable bonds is 6. The van der Waals surface area contributed by atoms with Crippen LogP contribution in [-0.2, 0) is 14.3 Å². The lowest BCUT2D eigenvalue weighted by atomic mass is 9.89. The van der Waals surface area contributed by atoms with Gasteiger partial charge < -0.3 is 40.7 Å². The molecular weight excluding hydrogens is 290 g/mol. The van der Waals surface area contributed by atoms with Gasteiger partial charge in [-0.25, -0.2) is 0 Å². The summed E-state index contributed by atoms with van der Waals surface area (Å²) in [6.07, 6.45) is -7.14. The molecule has 0 radical (unpaired) electrons. The molecule has 1 heterocycles. The highest BCUT2D eigenvalue weighted by Gasteiger charge is 2.50. The molecule has 0 saturated carbocycles. The molecule has 21 heavy (non-hydrogen) atoms. The number of carbonyl (C=O) groups is 2. The maximum Gasteiger partial charge on any atom is 0.246 e. The van der Waals surface area contributed by atoms with Crippen LogP contribution in [0.15, 0.2) is 0 Å². The van der Waals surface area contributed by atoms with Crippen LogP contribution in [0.3, 0.4) is 0 Å². The Morgan fingerprint density at radius 3 is 2.52 bits per heavy atom. The van der Waals surface area contributed by atoms with E-state index in [4.69, 9.17) is 14.9 Å². The number of ether oxygens (including phenoxy) is 1. The van der Waals surface area contributed by atoms with Crippen LogP contribution in [0.25, 0.3) is 0 Å². The molecule has 1 rings (SSSR count). The number of amides is 1. The fraction of sp³-hybridized carbons (Fsp3) is 0.818. The summed E-state index contributed by atoms with van der Waals surface area (Å²) in [7, 11) is 0. The highest BCUT2D eigenvalue weighted by atomic mass is 16.6. The zero-order valence-corrected chi connectivity index (χ0v) is 11.0. The molecule has 1 fully saturated rings. The summed E-state index contributed by atoms with van der Waals surface area (Å²) in [5, 5.41) is 58.6. The topological polar surface area (TPSA) is 177 Å². The molecule has 1 aliphatic rings. The molecule has 0 aromatic heterocycles. The van der Waals surface area contributed by atoms with E-state index in [2.05, 4.69) is 5.32 Å². The van der Waals surface area contributed by atoms with E-state index in [0.29, 0.717) is 0 Å². The van der Waals surface area contributed by atoms with Crippen molar-refractivity contribution in [2.75, 3.05) is 13.2 Å². The molecule has 10 nitrogen and oxygen atoms in total. The number of aliphatic hydroxyl groups excluding tert-OH is 5. The second kappa shape index (κ2) is 7.22. The Labute approximate surface area is 119 Å². The van der Waals surface area contributed by atoms with Crippen LogP contribution in [0.5, 0.6) is 0 Å². The number of nitrogens with one attached hydrogen (secondary N) is 1. The van der Waals surface area contributed by atoms with Crippen molar-refractivity contribution in [2.45, 2.75) is 42.7 Å². The van der Waals surface area contributed by atoms with Crippen molar-refractivity contribution in [1.29, 1.82) is 0 Å². The number of aliphatic hydroxyl groups is 6. The Morgan fingerprint density at radius 2 is 2.05 bits per heavy atom. The van der Waals surface area contributed by atoms with Gasteiger partial charge in [0.2, 0.25) is 11.7 Å². The van der Waals surface area contributed by atoms with Gasteiger partial charge in [0.1, 0.15) is 24.9 Å². The Hall–Kier alpha value is -1.14. The molecule has 1 amide bonds. The van der Waals surface area contributed by atoms with Crippen molar-refractivity contribution in [2.24, 2.45) is 0 Å². The van der Waals surface area contributed by atoms with Gasteiger partial charge in [-0.05, 0) is 0 Å². The normalized spacial score (nSPS) is 35.8. The van der Waals surface area contributed by atoms with E-state index in [1.54, 1.807) is 0 Å². The van der Waals surface area contributed by atoms with Crippen molar-refractivity contribution < 1.29 is 45.0 Å². The molecule has 122 valence electrons. The van der Waals surface area contributed by atoms with Gasteiger partial charge in [-0.1, -0.05) is 0 Å². The van der Waals surface area contributed by atoms with Crippen molar-refractivity contribution in [1.82, 2.24) is 5.32 Å². The number of aldehydes is 1. The van der Waals surface area contributed by atoms with Crippen LogP contribution < -0.4 is 5.32 Å². The standard InChI is InChI=1S/C11H19NO9/c13-2-6(17)9(19)10-8(12-7(18)3-14)5(16)1-11(20,4-15)21-10/h4-6,8-10,13-14,16-17,19-20H,1-3H2,(H,12,18)/t5-,6?,8+,9?,10+,11?/m0/s1. The molecule has 6 atom stereocenters. The summed E-state index contributed by atoms with van der Waals surface area (Å²) in [6.45, 7) is -1.75. The van der Waals surface area contributed by atoms with Crippen molar-refractivity contribution >= 4 is 12.2 Å². The third-order valence-corrected chi connectivity index (χ3v) is 3.18. The van der Waals surface area contributed by atoms with E-state index < -0.39 is 61.8 Å². The summed E-state index contributed by atoms with van der Waals surface area (Å²) in [4.78, 5) is 22.0. The summed E-state index contributed by atoms with van der Waals surface area (Å²) in [5.74, 6) is -3.30. The predicted molar refractivity (Wildman–Crippen MR) is 64.6 cm³/mol. The maximum atomic E-state index is 11.2. The summed E-state index contributed by atoms with van der Waals surface area (Å²) in [6, 6.07) is -1.30. The highest BCUT2D eigenvalue weighted by Crippen LogP contribution is 2.28. The summed E-state index contributed by atoms with van der Waals surface area (Å²) >= 11 is 0. The van der Waals surface area contributed by atoms with Crippen molar-refractivity contribution in [3.63, 3.8) is 0 Å². The molecule has 0 aromatic carbocycles. The Morgan fingerprint density at radius 1 is 1.43 bits per heavy atom. The van der Waals surface area contributed by atoms with Gasteiger partial charge in [0.05, 0.1) is 18.8 Å². The van der Waals surface area contributed by atoms with E-state index in [1.165, 1.54) is 0 Å². The van der Waals surface area contributed by atoms with Crippen LogP contribution in [0.1, 0.15) is 6.42 Å². The van der Waals surface area contributed by atoms with Gasteiger partial charge in [-0.2, -0.15) is 0 Å². The van der Waals surface area contributed by atoms with Crippen LogP contribution in [0, 0.1) is 0 Å². The molecule has 0 spiro atoms. The fourth-order valence-electron chi connectivity index (χ4n) is 2.10. The second-order valence-corrected chi connectivity index (χ2v) is 4.81. The molecule has 10 heteroatoms. The number of hydrogen-bond acceptors (Lipinski definition) is 9. The zero-order chi connectivity index (χ0) is 16.2. The first kappa shape index (κ1) is 17.9. The van der Waals surface area contributed by atoms with Crippen LogP contribution in [-0.4, -0.2) is 92.3 Å². The summed E-state index contributed by atoms with van der Waals surface area (Å²) < 4.78 is 4.95. The minimum absolute atomic E-state index is 0.00531. The minimum atomic E-state index is -2.40. The smallest absolute Gasteiger partial charge is 0.246 e. The monoisotopic (exact) mass is 309 g/mol. The van der Waals surface area contributed by atoms with Crippen LogP contribution >= 0.6 is 0 Å². The first-order valence-corrected chi connectivity index (χ1v) is 6.19. The Balaban J connectivity index is 3.01. The number of hydrogen-bond donors (Lipinski definition) is 7. The average Bonchev–Trinajstić information content (AvgIpc) is 2.47. The minimum Gasteiger partial charge on any atom is -0.394 e. The quantitative estimate of drug-likeness (QED) is 0.237. The predicted octanol–water partition coefficient (Wildman–Crippen LogP) is -4.79. The zero-order valence-electron chi connectivity index (χ0n) is 11.0. The van der Waals surface area contributed by atoms with Crippen LogP contribution in [0.2, 0.25) is 0 Å². The average molecular weight is 309 g/mol. The molecule has 0 aromatic rings. The first-order chi connectivity index (χ1) is 9.77. The molecular formula is C11H19NO9. The van der Waals surface area contributed by atoms with Gasteiger partial charge in [0.15, 0.2) is 6.29 Å². The SMILES string of the molecule is O=CC1(O)C[C@H](O)[C@@H](NC(=O)CO)[C@H](C(O)C(O)CO)O1. The van der Waals surface area contributed by atoms with Gasteiger partial charge in [-0.15, -0.1) is 0 Å². The Kier molecular flexibility index (Phi) is 6.16. The lowest BCUT2D eigenvalue weighted by Crippen LogP contribution is -2.66. The third kappa shape index (κ3) is 4.17. The lowest BCUT2D eigenvalue weighted by molar-refractivity contribution is -0.280. The van der Waals surface area contributed by atoms with Crippen LogP contribution in [0.4, 0.5) is 0 Å². The molecule has 1 aliphatic heterocycles. The fourth-order valence-corrected chi connectivity index (χ4v) is 2.10. The van der Waals surface area contributed by atoms with E-state index in [1.807, 2.05) is 0 Å². The van der Waals surface area contributed by atoms with Crippen molar-refractivity contribution in [3.05, 3.63) is 0 Å². The van der Waals surface area contributed by atoms with Gasteiger partial charge in [-0.3, -0.25) is 9.59 Å². The van der Waals surface area contributed by atoms with Gasteiger partial charge in [0, 0.05) is 6.42 Å². The van der Waals surface area contributed by atoms with Crippen molar-refractivity contribution in [3.8, 4) is 0 Å². The number of carbonyl (C=O) groups excluding carboxylic acids is 2. The van der Waals surface area contributed by atoms with E-state index in [9.17, 15) is 30.0 Å². The Bertz CT molecular complexity index is 379. The summed E-state index contributed by atoms with van der Waals surface area (Å²) in [5.41, 5.74) is 0. The largest absolute Gasteiger partial charge is 0.394 e. The van der Waals surface area contributed by atoms with E-state index in [0.717, 1.165) is 0 Å². The van der Waals surface area contributed by atoms with Gasteiger partial charge >= 0.3 is 0 Å². The maximum absolute atomic E-state index is 11.2. The molecule has 0 aliphatic carbocycles. The second-order valence-electron chi connectivity index (χ2n) is 4.81. The third-order valence-electron chi connectivity index (χ3n) is 3.18. The molecule has 0 bridgehead atoms. The molecule has 1 saturated heterocycles. The van der Waals surface area contributed by atoms with Gasteiger partial charge in [0.25, 0.3) is 0 Å².